The van der Waals surface area contributed by atoms with E-state index in [0.29, 0.717) is 11.5 Å². The van der Waals surface area contributed by atoms with Crippen LogP contribution in [0.1, 0.15) is 84.3 Å². The van der Waals surface area contributed by atoms with Gasteiger partial charge in [-0.25, -0.2) is 0 Å². The summed E-state index contributed by atoms with van der Waals surface area (Å²) >= 11 is 0. The number of rotatable bonds is 0. The maximum absolute atomic E-state index is 2.58. The molecule has 0 aromatic heterocycles. The molecule has 1 aliphatic carbocycles. The first kappa shape index (κ1) is 16.9. The van der Waals surface area contributed by atoms with Crippen LogP contribution in [-0.4, -0.2) is 13.1 Å². The van der Waals surface area contributed by atoms with E-state index < -0.39 is 0 Å². The van der Waals surface area contributed by atoms with Crippen molar-refractivity contribution in [2.45, 2.75) is 84.6 Å². The topological polar surface area (TPSA) is 3.24 Å². The molecule has 1 aromatic carbocycles. The quantitative estimate of drug-likeness (QED) is 0.557. The second-order valence-corrected chi connectivity index (χ2v) is 10.0. The Balaban J connectivity index is 2.00. The van der Waals surface area contributed by atoms with Gasteiger partial charge in [-0.2, -0.15) is 0 Å². The molecule has 3 unspecified atom stereocenters. The first-order valence-corrected chi connectivity index (χ1v) is 9.46. The molecule has 1 aromatic rings. The molecule has 0 amide bonds. The van der Waals surface area contributed by atoms with Gasteiger partial charge in [0, 0.05) is 24.7 Å². The summed E-state index contributed by atoms with van der Waals surface area (Å²) in [4.78, 5) is 2.58. The lowest BCUT2D eigenvalue weighted by molar-refractivity contribution is 0.207. The smallest absolute Gasteiger partial charge is 0.0402 e. The monoisotopic (exact) mass is 313 g/mol. The summed E-state index contributed by atoms with van der Waals surface area (Å²) < 4.78 is 0. The lowest BCUT2D eigenvalue weighted by atomic mass is 9.73. The molecular formula is C22H35N. The molecule has 0 spiro atoms. The lowest BCUT2D eigenvalue weighted by Crippen LogP contribution is -2.30. The Labute approximate surface area is 143 Å². The van der Waals surface area contributed by atoms with E-state index in [1.54, 1.807) is 5.56 Å². The van der Waals surface area contributed by atoms with Gasteiger partial charge in [0.05, 0.1) is 0 Å². The van der Waals surface area contributed by atoms with Gasteiger partial charge in [-0.15, -0.1) is 0 Å². The third-order valence-electron chi connectivity index (χ3n) is 6.45. The van der Waals surface area contributed by atoms with E-state index >= 15 is 0 Å². The van der Waals surface area contributed by atoms with E-state index in [1.807, 2.05) is 0 Å². The molecule has 2 aliphatic rings. The van der Waals surface area contributed by atoms with Gasteiger partial charge in [0.25, 0.3) is 0 Å². The highest BCUT2D eigenvalue weighted by Crippen LogP contribution is 2.51. The average molecular weight is 314 g/mol. The van der Waals surface area contributed by atoms with E-state index in [1.165, 1.54) is 36.9 Å². The first-order valence-electron chi connectivity index (χ1n) is 9.46. The molecule has 1 nitrogen and oxygen atoms in total. The number of likely N-dealkylation sites (N-methyl/N-ethyl adjacent to an activating group) is 1. The van der Waals surface area contributed by atoms with Crippen LogP contribution >= 0.6 is 0 Å². The predicted octanol–water partition coefficient (Wildman–Crippen LogP) is 6.12. The summed E-state index contributed by atoms with van der Waals surface area (Å²) in [5, 5.41) is 0. The van der Waals surface area contributed by atoms with E-state index in [9.17, 15) is 0 Å². The Morgan fingerprint density at radius 1 is 1.00 bits per heavy atom. The number of hydrogen-bond donors (Lipinski definition) is 0. The van der Waals surface area contributed by atoms with Crippen LogP contribution in [0.5, 0.6) is 0 Å². The summed E-state index contributed by atoms with van der Waals surface area (Å²) in [6.07, 6.45) is 5.50. The van der Waals surface area contributed by atoms with Crippen molar-refractivity contribution >= 4 is 5.69 Å². The number of fused-ring (bicyclic) bond motifs is 3. The number of anilines is 1. The minimum atomic E-state index is 0.236. The van der Waals surface area contributed by atoms with E-state index in [-0.39, 0.29) is 5.41 Å². The molecule has 0 radical (unpaired) electrons. The maximum atomic E-state index is 2.58. The van der Waals surface area contributed by atoms with Crippen LogP contribution in [-0.2, 0) is 5.41 Å². The predicted molar refractivity (Wildman–Crippen MR) is 101 cm³/mol. The molecule has 0 saturated heterocycles. The molecule has 23 heavy (non-hydrogen) atoms. The highest BCUT2D eigenvalue weighted by molar-refractivity contribution is 5.63. The summed E-state index contributed by atoms with van der Waals surface area (Å²) in [6, 6.07) is 7.98. The van der Waals surface area contributed by atoms with E-state index in [2.05, 4.69) is 71.7 Å². The van der Waals surface area contributed by atoms with Gasteiger partial charge in [0.1, 0.15) is 0 Å². The van der Waals surface area contributed by atoms with Gasteiger partial charge in [0.2, 0.25) is 0 Å². The van der Waals surface area contributed by atoms with Crippen LogP contribution in [0.3, 0.4) is 0 Å². The summed E-state index contributed by atoms with van der Waals surface area (Å²) in [7, 11) is 2.32. The van der Waals surface area contributed by atoms with Crippen molar-refractivity contribution < 1.29 is 0 Å². The third kappa shape index (κ3) is 3.04. The minimum absolute atomic E-state index is 0.236. The van der Waals surface area contributed by atoms with Gasteiger partial charge in [0.15, 0.2) is 0 Å². The third-order valence-corrected chi connectivity index (χ3v) is 6.45. The van der Waals surface area contributed by atoms with Gasteiger partial charge >= 0.3 is 0 Å². The Morgan fingerprint density at radius 2 is 1.70 bits per heavy atom. The molecule has 3 atom stereocenters. The fourth-order valence-corrected chi connectivity index (χ4v) is 4.76. The zero-order valence-electron chi connectivity index (χ0n) is 16.2. The lowest BCUT2D eigenvalue weighted by Gasteiger charge is -2.32. The second kappa shape index (κ2) is 5.53. The maximum Gasteiger partial charge on any atom is 0.0402 e. The Hall–Kier alpha value is -0.980. The minimum Gasteiger partial charge on any atom is -0.371 e. The Kier molecular flexibility index (Phi) is 4.06. The highest BCUT2D eigenvalue weighted by atomic mass is 15.2. The van der Waals surface area contributed by atoms with Gasteiger partial charge in [-0.3, -0.25) is 0 Å². The van der Waals surface area contributed by atoms with Crippen LogP contribution in [0.4, 0.5) is 5.69 Å². The molecule has 1 fully saturated rings. The molecular weight excluding hydrogens is 278 g/mol. The largest absolute Gasteiger partial charge is 0.371 e. The summed E-state index contributed by atoms with van der Waals surface area (Å²) in [5.41, 5.74) is 5.27. The molecule has 0 N–H and O–H groups in total. The zero-order chi connectivity index (χ0) is 17.0. The van der Waals surface area contributed by atoms with Crippen LogP contribution in [0.2, 0.25) is 0 Å². The van der Waals surface area contributed by atoms with Gasteiger partial charge in [-0.05, 0) is 53.2 Å². The van der Waals surface area contributed by atoms with Crippen LogP contribution in [0, 0.1) is 11.3 Å². The van der Waals surface area contributed by atoms with E-state index in [4.69, 9.17) is 0 Å². The zero-order valence-corrected chi connectivity index (χ0v) is 16.2. The summed E-state index contributed by atoms with van der Waals surface area (Å²) in [6.45, 7) is 14.3. The van der Waals surface area contributed by atoms with Crippen molar-refractivity contribution in [2.75, 3.05) is 11.9 Å². The van der Waals surface area contributed by atoms with Crippen molar-refractivity contribution in [1.29, 1.82) is 0 Å². The van der Waals surface area contributed by atoms with Crippen molar-refractivity contribution in [1.82, 2.24) is 0 Å². The Morgan fingerprint density at radius 3 is 2.30 bits per heavy atom. The number of benzene rings is 1. The van der Waals surface area contributed by atoms with Crippen molar-refractivity contribution in [2.24, 2.45) is 11.3 Å². The van der Waals surface area contributed by atoms with Crippen molar-refractivity contribution in [3.8, 4) is 0 Å². The fraction of sp³-hybridized carbons (Fsp3) is 0.727. The second-order valence-electron chi connectivity index (χ2n) is 10.0. The normalized spacial score (nSPS) is 28.3. The number of nitrogens with zero attached hydrogens (tertiary/aromatic N) is 1. The molecule has 3 rings (SSSR count). The highest BCUT2D eigenvalue weighted by Gasteiger charge is 2.41. The van der Waals surface area contributed by atoms with Crippen LogP contribution < -0.4 is 4.90 Å². The van der Waals surface area contributed by atoms with Crippen molar-refractivity contribution in [3.63, 3.8) is 0 Å². The fourth-order valence-electron chi connectivity index (χ4n) is 4.76. The van der Waals surface area contributed by atoms with Gasteiger partial charge in [-0.1, -0.05) is 60.1 Å². The average Bonchev–Trinajstić information content (AvgIpc) is 2.62. The SMILES string of the molecule is CN1c2ccc(C(C)(C)C)cc2C2CC(C(C)(C)C)CCCC21. The van der Waals surface area contributed by atoms with Crippen LogP contribution in [0.15, 0.2) is 18.2 Å². The van der Waals surface area contributed by atoms with Gasteiger partial charge < -0.3 is 4.90 Å². The van der Waals surface area contributed by atoms with Crippen molar-refractivity contribution in [3.05, 3.63) is 29.3 Å². The Bertz CT molecular complexity index is 573. The summed E-state index contributed by atoms with van der Waals surface area (Å²) in [5.74, 6) is 1.57. The van der Waals surface area contributed by atoms with E-state index in [0.717, 1.165) is 11.8 Å². The standard InChI is InChI=1S/C22H35N/c1-21(2,3)15-9-8-10-19-17(13-15)18-14-16(22(4,5)6)11-12-20(18)23(19)7/h11-12,14-15,17,19H,8-10,13H2,1-7H3. The molecule has 1 heterocycles. The first-order chi connectivity index (χ1) is 10.6. The molecule has 0 bridgehead atoms. The molecule has 1 saturated carbocycles. The van der Waals surface area contributed by atoms with Crippen LogP contribution in [0.25, 0.3) is 0 Å². The molecule has 128 valence electrons. The molecule has 1 heteroatoms. The molecule has 1 aliphatic heterocycles. The number of hydrogen-bond acceptors (Lipinski definition) is 1.